The topological polar surface area (TPSA) is 75.9 Å². The number of phenols is 1. The van der Waals surface area contributed by atoms with Crippen LogP contribution in [-0.4, -0.2) is 48.8 Å². The van der Waals surface area contributed by atoms with Crippen molar-refractivity contribution in [2.75, 3.05) is 0 Å². The zero-order valence-corrected chi connectivity index (χ0v) is 16.3. The molecule has 0 aliphatic carbocycles. The van der Waals surface area contributed by atoms with Crippen LogP contribution < -0.4 is 5.32 Å². The number of nitrogens with zero attached hydrogens (tertiary/aromatic N) is 4. The van der Waals surface area contributed by atoms with Crippen molar-refractivity contribution in [3.05, 3.63) is 60.3 Å². The van der Waals surface area contributed by atoms with Gasteiger partial charge in [-0.05, 0) is 49.3 Å². The van der Waals surface area contributed by atoms with Gasteiger partial charge in [0.25, 0.3) is 0 Å². The van der Waals surface area contributed by atoms with Gasteiger partial charge >= 0.3 is 0 Å². The van der Waals surface area contributed by atoms with Crippen LogP contribution in [0.5, 0.6) is 5.75 Å². The smallest absolute Gasteiger partial charge is 0.139 e. The second-order valence-electron chi connectivity index (χ2n) is 8.19. The molecule has 4 atom stereocenters. The highest BCUT2D eigenvalue weighted by Crippen LogP contribution is 2.42. The minimum Gasteiger partial charge on any atom is -0.507 e. The van der Waals surface area contributed by atoms with E-state index in [1.165, 1.54) is 0 Å². The van der Waals surface area contributed by atoms with Crippen molar-refractivity contribution >= 4 is 6.08 Å². The van der Waals surface area contributed by atoms with E-state index in [-0.39, 0.29) is 18.2 Å². The van der Waals surface area contributed by atoms with Gasteiger partial charge in [0.2, 0.25) is 0 Å². The molecule has 0 saturated carbocycles. The lowest BCUT2D eigenvalue weighted by atomic mass is 9.86. The molecule has 154 valence electrons. The molecule has 0 unspecified atom stereocenters. The predicted molar refractivity (Wildman–Crippen MR) is 109 cm³/mol. The molecule has 5 rings (SSSR count). The van der Waals surface area contributed by atoms with Gasteiger partial charge in [0.1, 0.15) is 18.1 Å². The number of hydrogen-bond donors (Lipinski definition) is 2. The lowest BCUT2D eigenvalue weighted by Crippen LogP contribution is -2.53. The Kier molecular flexibility index (Phi) is 4.39. The summed E-state index contributed by atoms with van der Waals surface area (Å²) in [6, 6.07) is 8.34. The minimum absolute atomic E-state index is 0.0715. The third-order valence-corrected chi connectivity index (χ3v) is 5.99. The molecule has 8 heteroatoms. The maximum Gasteiger partial charge on any atom is 0.139 e. The molecular formula is C22H21F2N5O. The van der Waals surface area contributed by atoms with E-state index in [1.54, 1.807) is 60.6 Å². The molecule has 4 heterocycles. The van der Waals surface area contributed by atoms with E-state index in [2.05, 4.69) is 20.5 Å². The molecular weight excluding hydrogens is 388 g/mol. The summed E-state index contributed by atoms with van der Waals surface area (Å²) in [5.74, 6) is 0.0715. The van der Waals surface area contributed by atoms with Crippen LogP contribution in [0.3, 0.4) is 0 Å². The van der Waals surface area contributed by atoms with Crippen molar-refractivity contribution in [1.82, 2.24) is 25.1 Å². The normalized spacial score (nSPS) is 29.4. The Hall–Kier alpha value is -3.13. The van der Waals surface area contributed by atoms with Crippen molar-refractivity contribution < 1.29 is 13.9 Å². The number of aromatic nitrogens is 4. The molecule has 2 fully saturated rings. The van der Waals surface area contributed by atoms with Crippen LogP contribution in [0.4, 0.5) is 8.78 Å². The Labute approximate surface area is 172 Å². The van der Waals surface area contributed by atoms with Gasteiger partial charge in [0, 0.05) is 36.5 Å². The Morgan fingerprint density at radius 3 is 2.80 bits per heavy atom. The van der Waals surface area contributed by atoms with Gasteiger partial charge < -0.3 is 15.0 Å². The number of alkyl halides is 2. The van der Waals surface area contributed by atoms with Crippen LogP contribution in [0, 0.1) is 0 Å². The number of nitrogens with one attached hydrogen (secondary N) is 1. The second-order valence-corrected chi connectivity index (χ2v) is 8.19. The Bertz CT molecular complexity index is 1100. The van der Waals surface area contributed by atoms with Crippen molar-refractivity contribution in [3.63, 3.8) is 0 Å². The van der Waals surface area contributed by atoms with Crippen LogP contribution in [0.1, 0.15) is 25.5 Å². The summed E-state index contributed by atoms with van der Waals surface area (Å²) in [7, 11) is 0. The highest BCUT2D eigenvalue weighted by atomic mass is 19.1. The quantitative estimate of drug-likeness (QED) is 0.691. The van der Waals surface area contributed by atoms with Crippen LogP contribution in [0.15, 0.2) is 54.6 Å². The first-order chi connectivity index (χ1) is 14.4. The zero-order chi connectivity index (χ0) is 20.9. The molecule has 1 aromatic carbocycles. The number of piperidine rings is 1. The molecule has 0 amide bonds. The summed E-state index contributed by atoms with van der Waals surface area (Å²) in [5, 5.41) is 21.9. The fourth-order valence-electron chi connectivity index (χ4n) is 4.44. The highest BCUT2D eigenvalue weighted by Gasteiger charge is 2.52. The average Bonchev–Trinajstić information content (AvgIpc) is 3.34. The number of hydrogen-bond acceptors (Lipinski definition) is 5. The SMILES string of the molecule is C[C@]12C[C@H](F)[C@H](C/C(=C\c3ccc(-c4ccc(-n5ccnc5)cc4O)nn3)[C@@H]1F)N2. The summed E-state index contributed by atoms with van der Waals surface area (Å²) in [4.78, 5) is 4.00. The highest BCUT2D eigenvalue weighted by molar-refractivity contribution is 5.69. The van der Waals surface area contributed by atoms with Crippen LogP contribution in [0.25, 0.3) is 23.0 Å². The van der Waals surface area contributed by atoms with E-state index in [0.29, 0.717) is 28.9 Å². The summed E-state index contributed by atoms with van der Waals surface area (Å²) in [6.07, 6.45) is 4.94. The van der Waals surface area contributed by atoms with Gasteiger partial charge in [-0.3, -0.25) is 0 Å². The Balaban J connectivity index is 1.39. The average molecular weight is 409 g/mol. The first-order valence-electron chi connectivity index (χ1n) is 9.85. The largest absolute Gasteiger partial charge is 0.507 e. The van der Waals surface area contributed by atoms with E-state index in [9.17, 15) is 13.9 Å². The van der Waals surface area contributed by atoms with E-state index in [1.807, 2.05) is 6.07 Å². The van der Waals surface area contributed by atoms with Crippen molar-refractivity contribution in [1.29, 1.82) is 0 Å². The maximum atomic E-state index is 14.9. The van der Waals surface area contributed by atoms with E-state index < -0.39 is 17.9 Å². The summed E-state index contributed by atoms with van der Waals surface area (Å²) >= 11 is 0. The molecule has 2 aromatic heterocycles. The van der Waals surface area contributed by atoms with E-state index in [4.69, 9.17) is 0 Å². The fourth-order valence-corrected chi connectivity index (χ4v) is 4.44. The van der Waals surface area contributed by atoms with Crippen LogP contribution >= 0.6 is 0 Å². The monoisotopic (exact) mass is 409 g/mol. The third-order valence-electron chi connectivity index (χ3n) is 5.99. The van der Waals surface area contributed by atoms with Crippen molar-refractivity contribution in [2.45, 2.75) is 43.7 Å². The Morgan fingerprint density at radius 2 is 2.10 bits per heavy atom. The van der Waals surface area contributed by atoms with Crippen molar-refractivity contribution in [2.24, 2.45) is 0 Å². The molecule has 0 radical (unpaired) electrons. The van der Waals surface area contributed by atoms with Gasteiger partial charge in [-0.2, -0.15) is 5.10 Å². The lowest BCUT2D eigenvalue weighted by Gasteiger charge is -2.35. The van der Waals surface area contributed by atoms with Crippen LogP contribution in [-0.2, 0) is 0 Å². The summed E-state index contributed by atoms with van der Waals surface area (Å²) in [5.41, 5.74) is 2.00. The maximum absolute atomic E-state index is 14.9. The number of fused-ring (bicyclic) bond motifs is 2. The number of rotatable bonds is 3. The van der Waals surface area contributed by atoms with Crippen LogP contribution in [0.2, 0.25) is 0 Å². The molecule has 2 aliphatic rings. The van der Waals surface area contributed by atoms with Gasteiger partial charge in [-0.15, -0.1) is 5.10 Å². The minimum atomic E-state index is -1.27. The summed E-state index contributed by atoms with van der Waals surface area (Å²) < 4.78 is 30.8. The molecule has 30 heavy (non-hydrogen) atoms. The molecule has 0 spiro atoms. The van der Waals surface area contributed by atoms with Gasteiger partial charge in [0.05, 0.1) is 28.9 Å². The molecule has 6 nitrogen and oxygen atoms in total. The van der Waals surface area contributed by atoms with Gasteiger partial charge in [-0.25, -0.2) is 13.8 Å². The second kappa shape index (κ2) is 6.98. The first kappa shape index (κ1) is 18.9. The Morgan fingerprint density at radius 1 is 1.23 bits per heavy atom. The lowest BCUT2D eigenvalue weighted by molar-refractivity contribution is 0.186. The predicted octanol–water partition coefficient (Wildman–Crippen LogP) is 3.62. The van der Waals surface area contributed by atoms with E-state index >= 15 is 0 Å². The number of phenolic OH excluding ortho intramolecular Hbond substituents is 1. The number of halogens is 2. The molecule has 3 aromatic rings. The molecule has 2 aliphatic heterocycles. The van der Waals surface area contributed by atoms with Gasteiger partial charge in [-0.1, -0.05) is 0 Å². The third kappa shape index (κ3) is 3.17. The first-order valence-corrected chi connectivity index (χ1v) is 9.85. The number of imidazole rings is 1. The molecule has 2 saturated heterocycles. The standard InChI is InChI=1S/C22H21F2N5O/c1-22-11-17(23)19(26-22)9-13(21(22)24)8-14-2-5-18(28-27-14)16-4-3-15(10-20(16)30)29-7-6-25-12-29/h2-8,10,12,17,19,21,26,30H,9,11H2,1H3/b13-8+/t17-,19-,21-,22-/m0/s1. The number of benzene rings is 1. The summed E-state index contributed by atoms with van der Waals surface area (Å²) in [6.45, 7) is 1.72. The zero-order valence-electron chi connectivity index (χ0n) is 16.3. The molecule has 2 bridgehead atoms. The molecule has 2 N–H and O–H groups in total. The number of aromatic hydroxyl groups is 1. The van der Waals surface area contributed by atoms with Crippen molar-refractivity contribution in [3.8, 4) is 22.7 Å². The fraction of sp³-hybridized carbons (Fsp3) is 0.318. The van der Waals surface area contributed by atoms with E-state index in [0.717, 1.165) is 5.69 Å². The van der Waals surface area contributed by atoms with Gasteiger partial charge in [0.15, 0.2) is 0 Å².